The minimum atomic E-state index is 0.00751. The van der Waals surface area contributed by atoms with Gasteiger partial charge in [-0.2, -0.15) is 0 Å². The predicted molar refractivity (Wildman–Crippen MR) is 198 cm³/mol. The molecular formula is C43H25NOS. The molecule has 2 nitrogen and oxygen atoms in total. The van der Waals surface area contributed by atoms with Crippen molar-refractivity contribution in [1.29, 1.82) is 0 Å². The van der Waals surface area contributed by atoms with Crippen LogP contribution in [0.1, 0.15) is 0 Å². The average Bonchev–Trinajstić information content (AvgIpc) is 3.51. The second-order valence-corrected chi connectivity index (χ2v) is 13.0. The number of hydrogen-bond donors (Lipinski definition) is 0. The van der Waals surface area contributed by atoms with E-state index in [1.54, 1.807) is 11.3 Å². The summed E-state index contributed by atoms with van der Waals surface area (Å²) in [5.74, 6) is 0. The molecule has 0 saturated carbocycles. The van der Waals surface area contributed by atoms with Crippen LogP contribution >= 0.6 is 11.3 Å². The quantitative estimate of drug-likeness (QED) is 0.180. The van der Waals surface area contributed by atoms with Gasteiger partial charge in [0.15, 0.2) is 0 Å². The first-order valence-electron chi connectivity index (χ1n) is 15.6. The first-order chi connectivity index (χ1) is 22.8. The van der Waals surface area contributed by atoms with Gasteiger partial charge in [0.25, 0.3) is 5.56 Å². The van der Waals surface area contributed by atoms with Gasteiger partial charge in [-0.05, 0) is 73.1 Å². The van der Waals surface area contributed by atoms with Crippen molar-refractivity contribution in [2.75, 3.05) is 0 Å². The van der Waals surface area contributed by atoms with Crippen molar-refractivity contribution in [3.8, 4) is 16.8 Å². The van der Waals surface area contributed by atoms with Gasteiger partial charge in [0, 0.05) is 26.2 Å². The monoisotopic (exact) mass is 603 g/mol. The van der Waals surface area contributed by atoms with Crippen molar-refractivity contribution in [3.63, 3.8) is 0 Å². The Morgan fingerprint density at radius 1 is 0.391 bits per heavy atom. The van der Waals surface area contributed by atoms with Gasteiger partial charge in [-0.1, -0.05) is 127 Å². The number of rotatable bonds is 2. The first kappa shape index (κ1) is 25.5. The maximum Gasteiger partial charge on any atom is 0.263 e. The summed E-state index contributed by atoms with van der Waals surface area (Å²) in [5, 5.41) is 12.8. The van der Waals surface area contributed by atoms with Crippen LogP contribution in [0.4, 0.5) is 0 Å². The Labute approximate surface area is 268 Å². The van der Waals surface area contributed by atoms with Crippen LogP contribution in [0.15, 0.2) is 156 Å². The van der Waals surface area contributed by atoms with Gasteiger partial charge in [0.2, 0.25) is 0 Å². The van der Waals surface area contributed by atoms with Crippen molar-refractivity contribution < 1.29 is 0 Å². The molecule has 2 heterocycles. The lowest BCUT2D eigenvalue weighted by Crippen LogP contribution is -2.19. The fourth-order valence-corrected chi connectivity index (χ4v) is 8.89. The second-order valence-electron chi connectivity index (χ2n) is 12.0. The van der Waals surface area contributed by atoms with Crippen LogP contribution in [0.2, 0.25) is 0 Å². The minimum absolute atomic E-state index is 0.00751. The summed E-state index contributed by atoms with van der Waals surface area (Å²) in [5.41, 5.74) is 4.25. The van der Waals surface area contributed by atoms with E-state index in [2.05, 4.69) is 115 Å². The molecule has 0 spiro atoms. The van der Waals surface area contributed by atoms with E-state index in [1.807, 2.05) is 41.0 Å². The van der Waals surface area contributed by atoms with E-state index in [4.69, 9.17) is 0 Å². The molecule has 0 saturated heterocycles. The Balaban J connectivity index is 1.26. The van der Waals surface area contributed by atoms with Crippen LogP contribution in [0.3, 0.4) is 0 Å². The molecule has 0 radical (unpaired) electrons. The summed E-state index contributed by atoms with van der Waals surface area (Å²) in [6.07, 6.45) is 0. The van der Waals surface area contributed by atoms with Crippen LogP contribution in [-0.2, 0) is 0 Å². The van der Waals surface area contributed by atoms with Crippen LogP contribution < -0.4 is 5.56 Å². The minimum Gasteiger partial charge on any atom is -0.275 e. The molecule has 0 aliphatic carbocycles. The van der Waals surface area contributed by atoms with Crippen LogP contribution in [0, 0.1) is 0 Å². The third-order valence-corrected chi connectivity index (χ3v) is 10.9. The first-order valence-corrected chi connectivity index (χ1v) is 16.4. The Bertz CT molecular complexity index is 2910. The van der Waals surface area contributed by atoms with E-state index in [-0.39, 0.29) is 5.56 Å². The van der Waals surface area contributed by atoms with E-state index in [0.717, 1.165) is 32.1 Å². The van der Waals surface area contributed by atoms with Crippen LogP contribution in [-0.4, -0.2) is 4.57 Å². The molecule has 0 atom stereocenters. The number of para-hydroxylation sites is 1. The molecule has 3 heteroatoms. The molecule has 0 amide bonds. The number of aromatic nitrogens is 1. The van der Waals surface area contributed by atoms with Gasteiger partial charge in [0.05, 0.1) is 15.9 Å². The zero-order chi connectivity index (χ0) is 30.4. The third kappa shape index (κ3) is 3.49. The van der Waals surface area contributed by atoms with Crippen molar-refractivity contribution in [2.24, 2.45) is 0 Å². The molecule has 0 bridgehead atoms. The molecule has 214 valence electrons. The average molecular weight is 604 g/mol. The Hall–Kier alpha value is -5.77. The lowest BCUT2D eigenvalue weighted by molar-refractivity contribution is 1.08. The molecule has 10 rings (SSSR count). The standard InChI is InChI=1S/C43H25NOS/c45-43-37-17-6-5-15-32(37)34-16-7-8-21-39(34)44(43)40-22-10-20-36-35-19-9-18-27(41(35)46-42(36)40)26-23-24-33-30-13-2-1-11-28(30)29-12-3-4-14-31(29)38(33)25-26/h1-25H. The molecule has 0 unspecified atom stereocenters. The zero-order valence-electron chi connectivity index (χ0n) is 24.7. The summed E-state index contributed by atoms with van der Waals surface area (Å²) >= 11 is 1.78. The molecule has 0 aliphatic heterocycles. The highest BCUT2D eigenvalue weighted by Crippen LogP contribution is 2.44. The smallest absolute Gasteiger partial charge is 0.263 e. The molecule has 10 aromatic rings. The van der Waals surface area contributed by atoms with Crippen molar-refractivity contribution >= 4 is 85.5 Å². The summed E-state index contributed by atoms with van der Waals surface area (Å²) in [6.45, 7) is 0. The molecule has 0 aliphatic rings. The van der Waals surface area contributed by atoms with E-state index >= 15 is 0 Å². The number of benzene rings is 8. The SMILES string of the molecule is O=c1c2ccccc2c2ccccc2n1-c1cccc2c1sc1c(-c3ccc4c5ccccc5c5ccccc5c4c3)cccc12. The van der Waals surface area contributed by atoms with Crippen molar-refractivity contribution in [1.82, 2.24) is 4.57 Å². The molecular weight excluding hydrogens is 579 g/mol. The predicted octanol–water partition coefficient (Wildman–Crippen LogP) is 11.6. The maximum absolute atomic E-state index is 14.2. The van der Waals surface area contributed by atoms with E-state index < -0.39 is 0 Å². The number of nitrogens with zero attached hydrogens (tertiary/aromatic N) is 1. The summed E-state index contributed by atoms with van der Waals surface area (Å²) in [7, 11) is 0. The Morgan fingerprint density at radius 3 is 1.59 bits per heavy atom. The van der Waals surface area contributed by atoms with E-state index in [9.17, 15) is 4.79 Å². The summed E-state index contributed by atoms with van der Waals surface area (Å²) in [6, 6.07) is 53.5. The number of thiophene rings is 1. The zero-order valence-corrected chi connectivity index (χ0v) is 25.5. The van der Waals surface area contributed by atoms with Gasteiger partial charge in [0.1, 0.15) is 0 Å². The Morgan fingerprint density at radius 2 is 0.891 bits per heavy atom. The van der Waals surface area contributed by atoms with Crippen molar-refractivity contribution in [2.45, 2.75) is 0 Å². The van der Waals surface area contributed by atoms with E-state index in [1.165, 1.54) is 58.9 Å². The molecule has 46 heavy (non-hydrogen) atoms. The van der Waals surface area contributed by atoms with Gasteiger partial charge in [-0.3, -0.25) is 9.36 Å². The maximum atomic E-state index is 14.2. The fourth-order valence-electron chi connectivity index (χ4n) is 7.55. The largest absolute Gasteiger partial charge is 0.275 e. The molecule has 2 aromatic heterocycles. The second kappa shape index (κ2) is 9.61. The summed E-state index contributed by atoms with van der Waals surface area (Å²) in [4.78, 5) is 14.2. The fraction of sp³-hybridized carbons (Fsp3) is 0. The number of hydrogen-bond acceptors (Lipinski definition) is 2. The summed E-state index contributed by atoms with van der Waals surface area (Å²) < 4.78 is 4.26. The molecule has 0 fully saturated rings. The highest BCUT2D eigenvalue weighted by Gasteiger charge is 2.18. The van der Waals surface area contributed by atoms with Gasteiger partial charge in [-0.15, -0.1) is 11.3 Å². The lowest BCUT2D eigenvalue weighted by Gasteiger charge is -2.14. The van der Waals surface area contributed by atoms with Crippen molar-refractivity contribution in [3.05, 3.63) is 162 Å². The van der Waals surface area contributed by atoms with Crippen LogP contribution in [0.5, 0.6) is 0 Å². The molecule has 0 N–H and O–H groups in total. The highest BCUT2D eigenvalue weighted by atomic mass is 32.1. The topological polar surface area (TPSA) is 22.0 Å². The van der Waals surface area contributed by atoms with Gasteiger partial charge < -0.3 is 0 Å². The lowest BCUT2D eigenvalue weighted by atomic mass is 9.92. The highest BCUT2D eigenvalue weighted by molar-refractivity contribution is 7.26. The van der Waals surface area contributed by atoms with Gasteiger partial charge >= 0.3 is 0 Å². The Kier molecular flexibility index (Phi) is 5.34. The normalized spacial score (nSPS) is 12.0. The number of fused-ring (bicyclic) bond motifs is 12. The third-order valence-electron chi connectivity index (χ3n) is 9.60. The van der Waals surface area contributed by atoms with E-state index in [0.29, 0.717) is 0 Å². The van der Waals surface area contributed by atoms with Gasteiger partial charge in [-0.25, -0.2) is 0 Å². The van der Waals surface area contributed by atoms with Crippen LogP contribution in [0.25, 0.3) is 91.0 Å². The number of pyridine rings is 1. The molecule has 8 aromatic carbocycles.